The van der Waals surface area contributed by atoms with Crippen LogP contribution in [0.3, 0.4) is 0 Å². The predicted molar refractivity (Wildman–Crippen MR) is 103 cm³/mol. The highest BCUT2D eigenvalue weighted by atomic mass is 16.6. The Bertz CT molecular complexity index is 870. The zero-order valence-electron chi connectivity index (χ0n) is 16.5. The van der Waals surface area contributed by atoms with Gasteiger partial charge in [-0.2, -0.15) is 0 Å². The van der Waals surface area contributed by atoms with Crippen molar-refractivity contribution in [2.24, 2.45) is 5.92 Å². The Morgan fingerprint density at radius 2 is 1.86 bits per heavy atom. The van der Waals surface area contributed by atoms with Crippen LogP contribution < -0.4 is 14.8 Å². The van der Waals surface area contributed by atoms with Crippen molar-refractivity contribution in [3.8, 4) is 22.8 Å². The fourth-order valence-corrected chi connectivity index (χ4v) is 3.00. The van der Waals surface area contributed by atoms with Crippen LogP contribution in [0.15, 0.2) is 28.7 Å². The van der Waals surface area contributed by atoms with Gasteiger partial charge in [-0.25, -0.2) is 4.79 Å². The number of rotatable bonds is 6. The minimum Gasteiger partial charge on any atom is -0.486 e. The molecule has 1 N–H and O–H groups in total. The summed E-state index contributed by atoms with van der Waals surface area (Å²) >= 11 is 0. The van der Waals surface area contributed by atoms with Crippen molar-refractivity contribution < 1.29 is 28.2 Å². The Balaban J connectivity index is 1.81. The highest BCUT2D eigenvalue weighted by Crippen LogP contribution is 2.35. The molecule has 0 saturated heterocycles. The molecule has 0 fully saturated rings. The minimum atomic E-state index is -0.723. The number of hydrogen-bond donors (Lipinski definition) is 1. The van der Waals surface area contributed by atoms with E-state index in [0.717, 1.165) is 5.56 Å². The standard InChI is InChI=1S/C21H25NO6/c1-5-25-21(24)19(12(2)3)22-20(23)15-11-17(28-13(15)4)14-6-7-16-18(10-14)27-9-8-26-16/h6-7,10-12,19H,5,8-9H2,1-4H3,(H,22,23)/t19-/m1/s1. The lowest BCUT2D eigenvalue weighted by Gasteiger charge is -2.20. The molecule has 7 nitrogen and oxygen atoms in total. The van der Waals surface area contributed by atoms with Crippen LogP contribution in [0.5, 0.6) is 11.5 Å². The molecule has 0 unspecified atom stereocenters. The van der Waals surface area contributed by atoms with Gasteiger partial charge >= 0.3 is 5.97 Å². The molecule has 7 heteroatoms. The fourth-order valence-electron chi connectivity index (χ4n) is 3.00. The number of nitrogens with one attached hydrogen (secondary N) is 1. The van der Waals surface area contributed by atoms with Gasteiger partial charge in [-0.3, -0.25) is 4.79 Å². The molecule has 150 valence electrons. The van der Waals surface area contributed by atoms with E-state index in [0.29, 0.717) is 41.8 Å². The third-order valence-electron chi connectivity index (χ3n) is 4.48. The molecule has 0 saturated carbocycles. The van der Waals surface area contributed by atoms with Crippen LogP contribution in [0.2, 0.25) is 0 Å². The highest BCUT2D eigenvalue weighted by Gasteiger charge is 2.27. The lowest BCUT2D eigenvalue weighted by Crippen LogP contribution is -2.45. The van der Waals surface area contributed by atoms with E-state index in [1.807, 2.05) is 32.0 Å². The minimum absolute atomic E-state index is 0.104. The molecule has 1 amide bonds. The topological polar surface area (TPSA) is 87.0 Å². The van der Waals surface area contributed by atoms with Crippen LogP contribution in [-0.2, 0) is 9.53 Å². The molecule has 2 aromatic rings. The molecule has 1 atom stereocenters. The highest BCUT2D eigenvalue weighted by molar-refractivity contribution is 5.98. The summed E-state index contributed by atoms with van der Waals surface area (Å²) in [5.41, 5.74) is 1.15. The van der Waals surface area contributed by atoms with Crippen LogP contribution in [0, 0.1) is 12.8 Å². The quantitative estimate of drug-likeness (QED) is 0.765. The monoisotopic (exact) mass is 387 g/mol. The smallest absolute Gasteiger partial charge is 0.328 e. The third kappa shape index (κ3) is 4.13. The SMILES string of the molecule is CCOC(=O)[C@H](NC(=O)c1cc(-c2ccc3c(c2)OCCO3)oc1C)C(C)C. The van der Waals surface area contributed by atoms with E-state index in [1.54, 1.807) is 19.9 Å². The summed E-state index contributed by atoms with van der Waals surface area (Å²) in [5.74, 6) is 1.41. The van der Waals surface area contributed by atoms with Gasteiger partial charge in [-0.05, 0) is 44.0 Å². The van der Waals surface area contributed by atoms with E-state index in [9.17, 15) is 9.59 Å². The third-order valence-corrected chi connectivity index (χ3v) is 4.48. The summed E-state index contributed by atoms with van der Waals surface area (Å²) in [6, 6.07) is 6.43. The molecule has 2 heterocycles. The Morgan fingerprint density at radius 3 is 2.54 bits per heavy atom. The number of esters is 1. The van der Waals surface area contributed by atoms with Gasteiger partial charge in [0, 0.05) is 5.56 Å². The molecule has 0 aliphatic carbocycles. The Labute approximate surface area is 164 Å². The molecule has 1 aromatic carbocycles. The lowest BCUT2D eigenvalue weighted by atomic mass is 10.0. The van der Waals surface area contributed by atoms with E-state index >= 15 is 0 Å². The number of furan rings is 1. The van der Waals surface area contributed by atoms with Crippen molar-refractivity contribution in [1.29, 1.82) is 0 Å². The van der Waals surface area contributed by atoms with Gasteiger partial charge in [0.25, 0.3) is 5.91 Å². The Hall–Kier alpha value is -2.96. The van der Waals surface area contributed by atoms with Crippen LogP contribution in [0.25, 0.3) is 11.3 Å². The van der Waals surface area contributed by atoms with E-state index in [2.05, 4.69) is 5.32 Å². The van der Waals surface area contributed by atoms with Gasteiger partial charge in [-0.1, -0.05) is 13.8 Å². The number of fused-ring (bicyclic) bond motifs is 1. The number of aryl methyl sites for hydroxylation is 1. The van der Waals surface area contributed by atoms with Crippen molar-refractivity contribution in [2.45, 2.75) is 33.7 Å². The molecular weight excluding hydrogens is 362 g/mol. The van der Waals surface area contributed by atoms with E-state index < -0.39 is 12.0 Å². The normalized spacial score (nSPS) is 13.9. The second-order valence-corrected chi connectivity index (χ2v) is 6.89. The number of carbonyl (C=O) groups is 2. The number of amides is 1. The average Bonchev–Trinajstić information content (AvgIpc) is 3.07. The van der Waals surface area contributed by atoms with Gasteiger partial charge in [0.1, 0.15) is 30.8 Å². The van der Waals surface area contributed by atoms with E-state index in [-0.39, 0.29) is 18.4 Å². The summed E-state index contributed by atoms with van der Waals surface area (Å²) in [6.07, 6.45) is 0. The van der Waals surface area contributed by atoms with Gasteiger partial charge in [0.05, 0.1) is 12.2 Å². The van der Waals surface area contributed by atoms with Gasteiger partial charge in [0.2, 0.25) is 0 Å². The van der Waals surface area contributed by atoms with Crippen LogP contribution in [0.4, 0.5) is 0 Å². The van der Waals surface area contributed by atoms with E-state index in [4.69, 9.17) is 18.6 Å². The molecule has 1 aliphatic rings. The van der Waals surface area contributed by atoms with Crippen LogP contribution in [-0.4, -0.2) is 37.7 Å². The summed E-state index contributed by atoms with van der Waals surface area (Å²) < 4.78 is 22.0. The molecule has 0 spiro atoms. The van der Waals surface area contributed by atoms with Crippen molar-refractivity contribution in [3.63, 3.8) is 0 Å². The summed E-state index contributed by atoms with van der Waals surface area (Å²) in [7, 11) is 0. The molecular formula is C21H25NO6. The molecule has 28 heavy (non-hydrogen) atoms. The van der Waals surface area contributed by atoms with Crippen LogP contribution >= 0.6 is 0 Å². The summed E-state index contributed by atoms with van der Waals surface area (Å²) in [6.45, 7) is 8.42. The Morgan fingerprint density at radius 1 is 1.14 bits per heavy atom. The first kappa shape index (κ1) is 19.8. The molecule has 3 rings (SSSR count). The number of benzene rings is 1. The van der Waals surface area contributed by atoms with Crippen molar-refractivity contribution in [3.05, 3.63) is 35.6 Å². The second-order valence-electron chi connectivity index (χ2n) is 6.89. The maximum Gasteiger partial charge on any atom is 0.328 e. The largest absolute Gasteiger partial charge is 0.486 e. The summed E-state index contributed by atoms with van der Waals surface area (Å²) in [4.78, 5) is 24.9. The summed E-state index contributed by atoms with van der Waals surface area (Å²) in [5, 5.41) is 2.75. The van der Waals surface area contributed by atoms with Gasteiger partial charge < -0.3 is 23.9 Å². The molecule has 1 aromatic heterocycles. The molecule has 1 aliphatic heterocycles. The predicted octanol–water partition coefficient (Wildman–Crippen LogP) is 3.34. The maximum atomic E-state index is 12.7. The first-order chi connectivity index (χ1) is 13.4. The van der Waals surface area contributed by atoms with Crippen molar-refractivity contribution >= 4 is 11.9 Å². The molecule has 0 bridgehead atoms. The first-order valence-electron chi connectivity index (χ1n) is 9.38. The van der Waals surface area contributed by atoms with E-state index in [1.165, 1.54) is 0 Å². The van der Waals surface area contributed by atoms with Crippen molar-refractivity contribution in [1.82, 2.24) is 5.32 Å². The zero-order chi connectivity index (χ0) is 20.3. The number of hydrogen-bond acceptors (Lipinski definition) is 6. The first-order valence-corrected chi connectivity index (χ1v) is 9.38. The molecule has 0 radical (unpaired) electrons. The number of ether oxygens (including phenoxy) is 3. The maximum absolute atomic E-state index is 12.7. The van der Waals surface area contributed by atoms with Crippen LogP contribution in [0.1, 0.15) is 36.9 Å². The second kappa shape index (κ2) is 8.37. The van der Waals surface area contributed by atoms with Gasteiger partial charge in [0.15, 0.2) is 11.5 Å². The Kier molecular flexibility index (Phi) is 5.92. The lowest BCUT2D eigenvalue weighted by molar-refractivity contribution is -0.146. The van der Waals surface area contributed by atoms with Crippen molar-refractivity contribution in [2.75, 3.05) is 19.8 Å². The average molecular weight is 387 g/mol. The van der Waals surface area contributed by atoms with Gasteiger partial charge in [-0.15, -0.1) is 0 Å². The fraction of sp³-hybridized carbons (Fsp3) is 0.429. The zero-order valence-corrected chi connectivity index (χ0v) is 16.5. The number of carbonyl (C=O) groups excluding carboxylic acids is 2.